The summed E-state index contributed by atoms with van der Waals surface area (Å²) >= 11 is 0. The van der Waals surface area contributed by atoms with Crippen LogP contribution in [-0.2, 0) is 11.2 Å². The van der Waals surface area contributed by atoms with Gasteiger partial charge in [-0.3, -0.25) is 14.9 Å². The van der Waals surface area contributed by atoms with Crippen molar-refractivity contribution >= 4 is 28.3 Å². The van der Waals surface area contributed by atoms with Crippen molar-refractivity contribution in [2.45, 2.75) is 12.5 Å². The third-order valence-electron chi connectivity index (χ3n) is 4.22. The number of aliphatic carboxylic acids is 1. The summed E-state index contributed by atoms with van der Waals surface area (Å²) in [6, 6.07) is 17.0. The van der Waals surface area contributed by atoms with Crippen LogP contribution < -0.4 is 5.32 Å². The van der Waals surface area contributed by atoms with Gasteiger partial charge in [-0.25, -0.2) is 4.79 Å². The number of nitro groups is 1. The number of benzene rings is 3. The van der Waals surface area contributed by atoms with Crippen molar-refractivity contribution in [3.05, 3.63) is 88.0 Å². The number of non-ortho nitro benzene ring substituents is 1. The van der Waals surface area contributed by atoms with Gasteiger partial charge in [0.15, 0.2) is 0 Å². The quantitative estimate of drug-likeness (QED) is 0.516. The Balaban J connectivity index is 1.80. The van der Waals surface area contributed by atoms with Gasteiger partial charge in [0, 0.05) is 24.1 Å². The highest BCUT2D eigenvalue weighted by molar-refractivity contribution is 6.07. The molecule has 2 N–H and O–H groups in total. The molecule has 7 nitrogen and oxygen atoms in total. The average molecular weight is 364 g/mol. The predicted octanol–water partition coefficient (Wildman–Crippen LogP) is 3.17. The van der Waals surface area contributed by atoms with E-state index in [9.17, 15) is 24.8 Å². The molecule has 0 aliphatic carbocycles. The molecule has 27 heavy (non-hydrogen) atoms. The summed E-state index contributed by atoms with van der Waals surface area (Å²) in [6.07, 6.45) is 0.0177. The molecule has 1 amide bonds. The lowest BCUT2D eigenvalue weighted by Crippen LogP contribution is -2.42. The van der Waals surface area contributed by atoms with E-state index >= 15 is 0 Å². The van der Waals surface area contributed by atoms with E-state index in [-0.39, 0.29) is 12.1 Å². The first-order chi connectivity index (χ1) is 13.0. The van der Waals surface area contributed by atoms with Crippen molar-refractivity contribution in [2.24, 2.45) is 0 Å². The zero-order valence-corrected chi connectivity index (χ0v) is 14.2. The molecule has 136 valence electrons. The van der Waals surface area contributed by atoms with Gasteiger partial charge in [0.2, 0.25) is 0 Å². The minimum Gasteiger partial charge on any atom is -0.480 e. The highest BCUT2D eigenvalue weighted by atomic mass is 16.6. The molecule has 0 aromatic heterocycles. The number of hydrogen-bond acceptors (Lipinski definition) is 4. The van der Waals surface area contributed by atoms with Gasteiger partial charge in [-0.05, 0) is 22.4 Å². The molecule has 0 radical (unpaired) electrons. The molecule has 7 heteroatoms. The molecule has 3 aromatic carbocycles. The van der Waals surface area contributed by atoms with Crippen LogP contribution in [0.2, 0.25) is 0 Å². The molecule has 1 unspecified atom stereocenters. The Morgan fingerprint density at radius 1 is 1.00 bits per heavy atom. The van der Waals surface area contributed by atoms with Crippen molar-refractivity contribution in [2.75, 3.05) is 0 Å². The lowest BCUT2D eigenvalue weighted by Gasteiger charge is -2.15. The van der Waals surface area contributed by atoms with E-state index in [0.717, 1.165) is 10.8 Å². The second-order valence-corrected chi connectivity index (χ2v) is 6.02. The standard InChI is InChI=1S/C20H16N2O5/c23-19(17-7-3-5-14-4-1-2-6-16(14)17)21-18(20(24)25)12-13-8-10-15(11-9-13)22(26)27/h1-11,18H,12H2,(H,21,23)(H,24,25). The zero-order chi connectivity index (χ0) is 19.4. The fourth-order valence-corrected chi connectivity index (χ4v) is 2.85. The van der Waals surface area contributed by atoms with Crippen LogP contribution in [0.4, 0.5) is 5.69 Å². The van der Waals surface area contributed by atoms with Gasteiger partial charge < -0.3 is 10.4 Å². The third-order valence-corrected chi connectivity index (χ3v) is 4.22. The maximum absolute atomic E-state index is 12.6. The van der Waals surface area contributed by atoms with Gasteiger partial charge in [0.05, 0.1) is 4.92 Å². The minimum absolute atomic E-state index is 0.0177. The summed E-state index contributed by atoms with van der Waals surface area (Å²) in [5.74, 6) is -1.66. The van der Waals surface area contributed by atoms with E-state index < -0.39 is 22.8 Å². The summed E-state index contributed by atoms with van der Waals surface area (Å²) < 4.78 is 0. The van der Waals surface area contributed by atoms with Crippen LogP contribution in [0.3, 0.4) is 0 Å². The van der Waals surface area contributed by atoms with Crippen molar-refractivity contribution in [1.82, 2.24) is 5.32 Å². The summed E-state index contributed by atoms with van der Waals surface area (Å²) in [5, 5.41) is 24.3. The number of nitro benzene ring substituents is 1. The second-order valence-electron chi connectivity index (χ2n) is 6.02. The van der Waals surface area contributed by atoms with Gasteiger partial charge in [0.25, 0.3) is 11.6 Å². The van der Waals surface area contributed by atoms with E-state index in [1.807, 2.05) is 24.3 Å². The Labute approximate surface area is 154 Å². The number of nitrogens with zero attached hydrogens (tertiary/aromatic N) is 1. The Bertz CT molecular complexity index is 1010. The maximum Gasteiger partial charge on any atom is 0.326 e. The van der Waals surface area contributed by atoms with Crippen molar-refractivity contribution in [1.29, 1.82) is 0 Å². The molecule has 0 bridgehead atoms. The smallest absolute Gasteiger partial charge is 0.326 e. The summed E-state index contributed by atoms with van der Waals surface area (Å²) in [4.78, 5) is 34.4. The fraction of sp³-hybridized carbons (Fsp3) is 0.100. The Morgan fingerprint density at radius 2 is 1.67 bits per heavy atom. The van der Waals surface area contributed by atoms with Crippen LogP contribution in [0.25, 0.3) is 10.8 Å². The summed E-state index contributed by atoms with van der Waals surface area (Å²) in [7, 11) is 0. The SMILES string of the molecule is O=C(NC(Cc1ccc([N+](=O)[O-])cc1)C(=O)O)c1cccc2ccccc12. The molecule has 3 aromatic rings. The summed E-state index contributed by atoms with van der Waals surface area (Å²) in [5.41, 5.74) is 0.889. The molecule has 0 spiro atoms. The fourth-order valence-electron chi connectivity index (χ4n) is 2.85. The first-order valence-corrected chi connectivity index (χ1v) is 8.20. The lowest BCUT2D eigenvalue weighted by molar-refractivity contribution is -0.384. The van der Waals surface area contributed by atoms with Crippen molar-refractivity contribution < 1.29 is 19.6 Å². The number of carboxylic acid groups (broad SMARTS) is 1. The first kappa shape index (κ1) is 18.1. The van der Waals surface area contributed by atoms with Crippen LogP contribution in [0.15, 0.2) is 66.7 Å². The van der Waals surface area contributed by atoms with E-state index in [2.05, 4.69) is 5.32 Å². The van der Waals surface area contributed by atoms with E-state index in [1.54, 1.807) is 18.2 Å². The number of hydrogen-bond donors (Lipinski definition) is 2. The Hall–Kier alpha value is -3.74. The van der Waals surface area contributed by atoms with Crippen LogP contribution >= 0.6 is 0 Å². The van der Waals surface area contributed by atoms with Crippen molar-refractivity contribution in [3.8, 4) is 0 Å². The number of amides is 1. The Kier molecular flexibility index (Phi) is 5.12. The van der Waals surface area contributed by atoms with Crippen LogP contribution in [0.5, 0.6) is 0 Å². The third kappa shape index (κ3) is 4.09. The molecule has 1 atom stereocenters. The highest BCUT2D eigenvalue weighted by Crippen LogP contribution is 2.19. The van der Waals surface area contributed by atoms with E-state index in [4.69, 9.17) is 0 Å². The number of carbonyl (C=O) groups is 2. The predicted molar refractivity (Wildman–Crippen MR) is 99.6 cm³/mol. The minimum atomic E-state index is -1.18. The maximum atomic E-state index is 12.6. The van der Waals surface area contributed by atoms with Crippen LogP contribution in [0, 0.1) is 10.1 Å². The van der Waals surface area contributed by atoms with Gasteiger partial charge in [-0.15, -0.1) is 0 Å². The Morgan fingerprint density at radius 3 is 2.33 bits per heavy atom. The number of carboxylic acids is 1. The van der Waals surface area contributed by atoms with Gasteiger partial charge in [-0.2, -0.15) is 0 Å². The number of carbonyl (C=O) groups excluding carboxylic acids is 1. The molecule has 0 saturated heterocycles. The van der Waals surface area contributed by atoms with E-state index in [0.29, 0.717) is 11.1 Å². The van der Waals surface area contributed by atoms with E-state index in [1.165, 1.54) is 24.3 Å². The number of fused-ring (bicyclic) bond motifs is 1. The summed E-state index contributed by atoms with van der Waals surface area (Å²) in [6.45, 7) is 0. The van der Waals surface area contributed by atoms with Crippen molar-refractivity contribution in [3.63, 3.8) is 0 Å². The molecule has 0 fully saturated rings. The first-order valence-electron chi connectivity index (χ1n) is 8.20. The molecular weight excluding hydrogens is 348 g/mol. The molecule has 0 saturated carbocycles. The normalized spacial score (nSPS) is 11.7. The molecule has 0 heterocycles. The molecular formula is C20H16N2O5. The highest BCUT2D eigenvalue weighted by Gasteiger charge is 2.22. The van der Waals surface area contributed by atoms with Crippen LogP contribution in [0.1, 0.15) is 15.9 Å². The molecule has 0 aliphatic rings. The number of rotatable bonds is 6. The monoisotopic (exact) mass is 364 g/mol. The molecule has 3 rings (SSSR count). The lowest BCUT2D eigenvalue weighted by atomic mass is 10.0. The van der Waals surface area contributed by atoms with Gasteiger partial charge in [0.1, 0.15) is 6.04 Å². The average Bonchev–Trinajstić information content (AvgIpc) is 2.67. The largest absolute Gasteiger partial charge is 0.480 e. The van der Waals surface area contributed by atoms with Crippen LogP contribution in [-0.4, -0.2) is 27.9 Å². The number of nitrogens with one attached hydrogen (secondary N) is 1. The second kappa shape index (κ2) is 7.65. The topological polar surface area (TPSA) is 110 Å². The van der Waals surface area contributed by atoms with Gasteiger partial charge >= 0.3 is 5.97 Å². The zero-order valence-electron chi connectivity index (χ0n) is 14.2. The van der Waals surface area contributed by atoms with Gasteiger partial charge in [-0.1, -0.05) is 48.5 Å². The molecule has 0 aliphatic heterocycles.